The molecule has 1 N–H and O–H groups in total. The van der Waals surface area contributed by atoms with Gasteiger partial charge in [-0.1, -0.05) is 51.0 Å². The molecule has 0 aromatic heterocycles. The van der Waals surface area contributed by atoms with Gasteiger partial charge >= 0.3 is 0 Å². The van der Waals surface area contributed by atoms with Crippen molar-refractivity contribution >= 4 is 0 Å². The van der Waals surface area contributed by atoms with Crippen LogP contribution in [0.1, 0.15) is 56.6 Å². The first kappa shape index (κ1) is 12.3. The van der Waals surface area contributed by atoms with Gasteiger partial charge in [-0.3, -0.25) is 0 Å². The standard InChI is InChI=1S/C14H22O/c1-3-5-13(6-4-2)14-9-7-12(11-15)8-10-14/h7-10,13,15H,3-6,11H2,1-2H3. The molecule has 1 heteroatoms. The van der Waals surface area contributed by atoms with E-state index in [1.54, 1.807) is 0 Å². The predicted octanol–water partition coefficient (Wildman–Crippen LogP) is 3.86. The minimum Gasteiger partial charge on any atom is -0.392 e. The SMILES string of the molecule is CCCC(CCC)c1ccc(CO)cc1. The van der Waals surface area contributed by atoms with E-state index >= 15 is 0 Å². The fourth-order valence-electron chi connectivity index (χ4n) is 2.07. The second kappa shape index (κ2) is 6.62. The summed E-state index contributed by atoms with van der Waals surface area (Å²) in [6.45, 7) is 4.63. The van der Waals surface area contributed by atoms with E-state index in [0.29, 0.717) is 5.92 Å². The maximum absolute atomic E-state index is 8.97. The van der Waals surface area contributed by atoms with Crippen LogP contribution in [-0.2, 0) is 6.61 Å². The van der Waals surface area contributed by atoms with E-state index in [1.165, 1.54) is 31.2 Å². The molecule has 0 saturated carbocycles. The fourth-order valence-corrected chi connectivity index (χ4v) is 2.07. The largest absolute Gasteiger partial charge is 0.392 e. The van der Waals surface area contributed by atoms with Crippen LogP contribution in [0.15, 0.2) is 24.3 Å². The number of aliphatic hydroxyl groups excluding tert-OH is 1. The lowest BCUT2D eigenvalue weighted by atomic mass is 9.90. The van der Waals surface area contributed by atoms with Gasteiger partial charge in [0.15, 0.2) is 0 Å². The average molecular weight is 206 g/mol. The Morgan fingerprint density at radius 2 is 1.53 bits per heavy atom. The van der Waals surface area contributed by atoms with Crippen LogP contribution in [0.5, 0.6) is 0 Å². The molecule has 0 heterocycles. The van der Waals surface area contributed by atoms with Crippen molar-refractivity contribution in [2.24, 2.45) is 0 Å². The molecule has 0 amide bonds. The molecule has 1 aromatic carbocycles. The van der Waals surface area contributed by atoms with E-state index in [-0.39, 0.29) is 6.61 Å². The van der Waals surface area contributed by atoms with Gasteiger partial charge in [0, 0.05) is 0 Å². The van der Waals surface area contributed by atoms with Crippen molar-refractivity contribution < 1.29 is 5.11 Å². The molecule has 0 radical (unpaired) electrons. The van der Waals surface area contributed by atoms with E-state index < -0.39 is 0 Å². The van der Waals surface area contributed by atoms with Gasteiger partial charge in [-0.2, -0.15) is 0 Å². The van der Waals surface area contributed by atoms with Gasteiger partial charge in [0.05, 0.1) is 6.61 Å². The Bertz CT molecular complexity index is 257. The highest BCUT2D eigenvalue weighted by molar-refractivity contribution is 5.24. The van der Waals surface area contributed by atoms with Crippen molar-refractivity contribution in [1.82, 2.24) is 0 Å². The molecule has 15 heavy (non-hydrogen) atoms. The Balaban J connectivity index is 2.72. The van der Waals surface area contributed by atoms with Crippen LogP contribution < -0.4 is 0 Å². The third kappa shape index (κ3) is 3.67. The Kier molecular flexibility index (Phi) is 5.41. The molecule has 0 aliphatic carbocycles. The molecule has 1 rings (SSSR count). The first-order valence-corrected chi connectivity index (χ1v) is 6.01. The Morgan fingerprint density at radius 3 is 1.93 bits per heavy atom. The molecule has 84 valence electrons. The van der Waals surface area contributed by atoms with E-state index in [4.69, 9.17) is 5.11 Å². The van der Waals surface area contributed by atoms with Gasteiger partial charge in [0.25, 0.3) is 0 Å². The minimum atomic E-state index is 0.145. The Morgan fingerprint density at radius 1 is 1.00 bits per heavy atom. The monoisotopic (exact) mass is 206 g/mol. The lowest BCUT2D eigenvalue weighted by molar-refractivity contribution is 0.282. The molecule has 0 atom stereocenters. The average Bonchev–Trinajstić information content (AvgIpc) is 2.29. The number of aliphatic hydroxyl groups is 1. The fraction of sp³-hybridized carbons (Fsp3) is 0.571. The van der Waals surface area contributed by atoms with E-state index in [0.717, 1.165) is 5.56 Å². The molecule has 1 nitrogen and oxygen atoms in total. The molecule has 0 bridgehead atoms. The third-order valence-electron chi connectivity index (χ3n) is 2.91. The van der Waals surface area contributed by atoms with Gasteiger partial charge in [0.1, 0.15) is 0 Å². The molecular weight excluding hydrogens is 184 g/mol. The van der Waals surface area contributed by atoms with E-state index in [2.05, 4.69) is 26.0 Å². The van der Waals surface area contributed by atoms with Crippen molar-refractivity contribution in [2.75, 3.05) is 0 Å². The van der Waals surface area contributed by atoms with Crippen molar-refractivity contribution in [3.05, 3.63) is 35.4 Å². The van der Waals surface area contributed by atoms with Crippen LogP contribution in [0.3, 0.4) is 0 Å². The third-order valence-corrected chi connectivity index (χ3v) is 2.91. The van der Waals surface area contributed by atoms with Crippen LogP contribution >= 0.6 is 0 Å². The summed E-state index contributed by atoms with van der Waals surface area (Å²) < 4.78 is 0. The summed E-state index contributed by atoms with van der Waals surface area (Å²) in [7, 11) is 0. The lowest BCUT2D eigenvalue weighted by Gasteiger charge is -2.15. The van der Waals surface area contributed by atoms with Gasteiger partial charge < -0.3 is 5.11 Å². The van der Waals surface area contributed by atoms with Crippen LogP contribution in [0.4, 0.5) is 0 Å². The number of hydrogen-bond donors (Lipinski definition) is 1. The molecular formula is C14H22O. The van der Waals surface area contributed by atoms with Gasteiger partial charge in [0.2, 0.25) is 0 Å². The summed E-state index contributed by atoms with van der Waals surface area (Å²) in [5, 5.41) is 8.97. The smallest absolute Gasteiger partial charge is 0.0681 e. The second-order valence-electron chi connectivity index (χ2n) is 4.17. The summed E-state index contributed by atoms with van der Waals surface area (Å²) in [6.07, 6.45) is 5.03. The molecule has 0 unspecified atom stereocenters. The van der Waals surface area contributed by atoms with Crippen molar-refractivity contribution in [3.63, 3.8) is 0 Å². The molecule has 0 aliphatic heterocycles. The number of hydrogen-bond acceptors (Lipinski definition) is 1. The van der Waals surface area contributed by atoms with Gasteiger partial charge in [-0.25, -0.2) is 0 Å². The minimum absolute atomic E-state index is 0.145. The van der Waals surface area contributed by atoms with Crippen LogP contribution in [-0.4, -0.2) is 5.11 Å². The zero-order valence-corrected chi connectivity index (χ0v) is 9.87. The van der Waals surface area contributed by atoms with Crippen molar-refractivity contribution in [3.8, 4) is 0 Å². The van der Waals surface area contributed by atoms with Crippen LogP contribution in [0.2, 0.25) is 0 Å². The van der Waals surface area contributed by atoms with Crippen molar-refractivity contribution in [1.29, 1.82) is 0 Å². The molecule has 0 spiro atoms. The Labute approximate surface area is 93.1 Å². The zero-order chi connectivity index (χ0) is 11.1. The lowest BCUT2D eigenvalue weighted by Crippen LogP contribution is -1.98. The second-order valence-corrected chi connectivity index (χ2v) is 4.17. The number of benzene rings is 1. The Hall–Kier alpha value is -0.820. The summed E-state index contributed by atoms with van der Waals surface area (Å²) in [5.74, 6) is 0.702. The summed E-state index contributed by atoms with van der Waals surface area (Å²) >= 11 is 0. The predicted molar refractivity (Wildman–Crippen MR) is 64.9 cm³/mol. The van der Waals surface area contributed by atoms with Gasteiger partial charge in [-0.15, -0.1) is 0 Å². The first-order valence-electron chi connectivity index (χ1n) is 6.01. The zero-order valence-electron chi connectivity index (χ0n) is 9.87. The summed E-state index contributed by atoms with van der Waals surface area (Å²) in [6, 6.07) is 8.41. The molecule has 1 aromatic rings. The molecule has 0 aliphatic rings. The summed E-state index contributed by atoms with van der Waals surface area (Å²) in [5.41, 5.74) is 2.43. The highest BCUT2D eigenvalue weighted by Crippen LogP contribution is 2.26. The van der Waals surface area contributed by atoms with Crippen LogP contribution in [0, 0.1) is 0 Å². The topological polar surface area (TPSA) is 20.2 Å². The number of rotatable bonds is 6. The highest BCUT2D eigenvalue weighted by atomic mass is 16.3. The molecule has 0 saturated heterocycles. The first-order chi connectivity index (χ1) is 7.31. The normalized spacial score (nSPS) is 10.9. The quantitative estimate of drug-likeness (QED) is 0.749. The van der Waals surface area contributed by atoms with E-state index in [9.17, 15) is 0 Å². The highest BCUT2D eigenvalue weighted by Gasteiger charge is 2.08. The van der Waals surface area contributed by atoms with Crippen molar-refractivity contribution in [2.45, 2.75) is 52.1 Å². The maximum atomic E-state index is 8.97. The van der Waals surface area contributed by atoms with Crippen LogP contribution in [0.25, 0.3) is 0 Å². The molecule has 0 fully saturated rings. The summed E-state index contributed by atoms with van der Waals surface area (Å²) in [4.78, 5) is 0. The van der Waals surface area contributed by atoms with E-state index in [1.807, 2.05) is 12.1 Å². The van der Waals surface area contributed by atoms with Gasteiger partial charge in [-0.05, 0) is 29.9 Å². The maximum Gasteiger partial charge on any atom is 0.0681 e.